The van der Waals surface area contributed by atoms with Gasteiger partial charge >= 0.3 is 0 Å². The zero-order valence-corrected chi connectivity index (χ0v) is 12.8. The van der Waals surface area contributed by atoms with Crippen LogP contribution in [0.2, 0.25) is 0 Å². The molecular weight excluding hydrogens is 320 g/mol. The van der Waals surface area contributed by atoms with Gasteiger partial charge in [0.15, 0.2) is 0 Å². The van der Waals surface area contributed by atoms with Gasteiger partial charge in [-0.3, -0.25) is 9.10 Å². The van der Waals surface area contributed by atoms with E-state index in [1.54, 1.807) is 18.2 Å². The van der Waals surface area contributed by atoms with Crippen LogP contribution in [0.4, 0.5) is 5.69 Å². The lowest BCUT2D eigenvalue weighted by molar-refractivity contribution is -0.119. The summed E-state index contributed by atoms with van der Waals surface area (Å²) in [6, 6.07) is 5.13. The first kappa shape index (κ1) is 15.0. The Labute approximate surface area is 115 Å². The van der Waals surface area contributed by atoms with Gasteiger partial charge in [-0.1, -0.05) is 15.9 Å². The lowest BCUT2D eigenvalue weighted by atomic mass is 10.2. The molecule has 0 bridgehead atoms. The Morgan fingerprint density at radius 2 is 2.06 bits per heavy atom. The standard InChI is InChI=1S/C11H15BrN2O3S/c1-8-6-9(4-5-10(8)12)14(18(3,16)17)7-11(15)13-2/h4-6H,7H2,1-3H3,(H,13,15). The molecule has 1 aromatic rings. The van der Waals surface area contributed by atoms with Gasteiger partial charge in [0.05, 0.1) is 11.9 Å². The third-order valence-electron chi connectivity index (χ3n) is 2.40. The summed E-state index contributed by atoms with van der Waals surface area (Å²) >= 11 is 3.35. The summed E-state index contributed by atoms with van der Waals surface area (Å²) in [5.41, 5.74) is 1.37. The third-order valence-corrected chi connectivity index (χ3v) is 4.43. The molecule has 1 aromatic carbocycles. The van der Waals surface area contributed by atoms with Crippen molar-refractivity contribution >= 4 is 37.5 Å². The SMILES string of the molecule is CNC(=O)CN(c1ccc(Br)c(C)c1)S(C)(=O)=O. The van der Waals surface area contributed by atoms with Crippen LogP contribution in [0.25, 0.3) is 0 Å². The summed E-state index contributed by atoms with van der Waals surface area (Å²) in [6.07, 6.45) is 1.08. The summed E-state index contributed by atoms with van der Waals surface area (Å²) in [5.74, 6) is -0.360. The van der Waals surface area contributed by atoms with Crippen LogP contribution in [-0.2, 0) is 14.8 Å². The number of nitrogens with one attached hydrogen (secondary N) is 1. The van der Waals surface area contributed by atoms with Crippen molar-refractivity contribution in [2.45, 2.75) is 6.92 Å². The van der Waals surface area contributed by atoms with Crippen LogP contribution < -0.4 is 9.62 Å². The van der Waals surface area contributed by atoms with Gasteiger partial charge in [0.2, 0.25) is 15.9 Å². The molecule has 0 heterocycles. The van der Waals surface area contributed by atoms with Gasteiger partial charge in [-0.2, -0.15) is 0 Å². The minimum absolute atomic E-state index is 0.226. The molecule has 0 aliphatic heterocycles. The first-order valence-electron chi connectivity index (χ1n) is 5.20. The molecule has 100 valence electrons. The predicted octanol–water partition coefficient (Wildman–Crippen LogP) is 1.27. The van der Waals surface area contributed by atoms with Crippen molar-refractivity contribution in [3.63, 3.8) is 0 Å². The highest BCUT2D eigenvalue weighted by atomic mass is 79.9. The van der Waals surface area contributed by atoms with Gasteiger partial charge < -0.3 is 5.32 Å². The number of aryl methyl sites for hydroxylation is 1. The minimum Gasteiger partial charge on any atom is -0.358 e. The molecule has 0 saturated heterocycles. The van der Waals surface area contributed by atoms with Crippen molar-refractivity contribution in [2.24, 2.45) is 0 Å². The average molecular weight is 335 g/mol. The van der Waals surface area contributed by atoms with E-state index in [-0.39, 0.29) is 12.5 Å². The predicted molar refractivity (Wildman–Crippen MR) is 75.1 cm³/mol. The van der Waals surface area contributed by atoms with E-state index in [4.69, 9.17) is 0 Å². The van der Waals surface area contributed by atoms with E-state index in [1.807, 2.05) is 6.92 Å². The van der Waals surface area contributed by atoms with Crippen LogP contribution in [0.5, 0.6) is 0 Å². The second-order valence-electron chi connectivity index (χ2n) is 3.88. The van der Waals surface area contributed by atoms with Crippen molar-refractivity contribution in [2.75, 3.05) is 24.2 Å². The number of halogens is 1. The Hall–Kier alpha value is -1.08. The summed E-state index contributed by atoms with van der Waals surface area (Å²) in [7, 11) is -2.03. The molecule has 0 atom stereocenters. The molecule has 7 heteroatoms. The molecule has 1 N–H and O–H groups in total. The Kier molecular flexibility index (Phi) is 4.75. The average Bonchev–Trinajstić information content (AvgIpc) is 2.28. The fraction of sp³-hybridized carbons (Fsp3) is 0.364. The Morgan fingerprint density at radius 1 is 1.44 bits per heavy atom. The molecule has 0 aliphatic carbocycles. The molecule has 1 rings (SSSR count). The van der Waals surface area contributed by atoms with Crippen molar-refractivity contribution < 1.29 is 13.2 Å². The summed E-state index contributed by atoms with van der Waals surface area (Å²) in [6.45, 7) is 1.63. The first-order valence-corrected chi connectivity index (χ1v) is 7.84. The molecule has 0 radical (unpaired) electrons. The highest BCUT2D eigenvalue weighted by Crippen LogP contribution is 2.24. The highest BCUT2D eigenvalue weighted by molar-refractivity contribution is 9.10. The van der Waals surface area contributed by atoms with Gasteiger partial charge in [0.25, 0.3) is 0 Å². The Bertz CT molecular complexity index is 557. The van der Waals surface area contributed by atoms with E-state index in [2.05, 4.69) is 21.2 Å². The maximum absolute atomic E-state index is 11.7. The number of anilines is 1. The van der Waals surface area contributed by atoms with Gasteiger partial charge in [-0.15, -0.1) is 0 Å². The van der Waals surface area contributed by atoms with Gasteiger partial charge in [-0.25, -0.2) is 8.42 Å². The molecule has 0 aliphatic rings. The number of nitrogens with zero attached hydrogens (tertiary/aromatic N) is 1. The molecule has 0 aromatic heterocycles. The first-order chi connectivity index (χ1) is 8.25. The van der Waals surface area contributed by atoms with E-state index in [0.717, 1.165) is 20.6 Å². The monoisotopic (exact) mass is 334 g/mol. The number of rotatable bonds is 4. The summed E-state index contributed by atoms with van der Waals surface area (Å²) in [4.78, 5) is 11.4. The van der Waals surface area contributed by atoms with Gasteiger partial charge in [-0.05, 0) is 30.7 Å². The van der Waals surface area contributed by atoms with Crippen LogP contribution in [0.15, 0.2) is 22.7 Å². The van der Waals surface area contributed by atoms with Crippen LogP contribution in [0.3, 0.4) is 0 Å². The molecule has 5 nitrogen and oxygen atoms in total. The summed E-state index contributed by atoms with van der Waals surface area (Å²) in [5, 5.41) is 2.41. The second-order valence-corrected chi connectivity index (χ2v) is 6.64. The lowest BCUT2D eigenvalue weighted by Crippen LogP contribution is -2.39. The van der Waals surface area contributed by atoms with E-state index in [9.17, 15) is 13.2 Å². The number of likely N-dealkylation sites (N-methyl/N-ethyl adjacent to an activating group) is 1. The fourth-order valence-electron chi connectivity index (χ4n) is 1.39. The lowest BCUT2D eigenvalue weighted by Gasteiger charge is -2.22. The number of hydrogen-bond donors (Lipinski definition) is 1. The number of benzene rings is 1. The van der Waals surface area contributed by atoms with Crippen LogP contribution >= 0.6 is 15.9 Å². The van der Waals surface area contributed by atoms with Crippen molar-refractivity contribution in [1.82, 2.24) is 5.32 Å². The molecule has 0 fully saturated rings. The number of carbonyl (C=O) groups is 1. The fourth-order valence-corrected chi connectivity index (χ4v) is 2.49. The van der Waals surface area contributed by atoms with Crippen molar-refractivity contribution in [1.29, 1.82) is 0 Å². The van der Waals surface area contributed by atoms with Crippen LogP contribution in [0.1, 0.15) is 5.56 Å². The minimum atomic E-state index is -3.50. The molecular formula is C11H15BrN2O3S. The highest BCUT2D eigenvalue weighted by Gasteiger charge is 2.20. The van der Waals surface area contributed by atoms with E-state index in [0.29, 0.717) is 5.69 Å². The molecule has 0 spiro atoms. The molecule has 0 unspecified atom stereocenters. The maximum atomic E-state index is 11.7. The topological polar surface area (TPSA) is 66.5 Å². The van der Waals surface area contributed by atoms with Crippen molar-refractivity contribution in [3.05, 3.63) is 28.2 Å². The number of hydrogen-bond acceptors (Lipinski definition) is 3. The molecule has 1 amide bonds. The third kappa shape index (κ3) is 3.71. The van der Waals surface area contributed by atoms with Crippen LogP contribution in [0, 0.1) is 6.92 Å². The number of amides is 1. The number of carbonyl (C=O) groups excluding carboxylic acids is 1. The summed E-state index contributed by atoms with van der Waals surface area (Å²) < 4.78 is 25.4. The largest absolute Gasteiger partial charge is 0.358 e. The molecule has 0 saturated carbocycles. The van der Waals surface area contributed by atoms with Crippen molar-refractivity contribution in [3.8, 4) is 0 Å². The Balaban J connectivity index is 3.18. The Morgan fingerprint density at radius 3 is 2.50 bits per heavy atom. The second kappa shape index (κ2) is 5.71. The van der Waals surface area contributed by atoms with E-state index < -0.39 is 10.0 Å². The van der Waals surface area contributed by atoms with E-state index >= 15 is 0 Å². The normalized spacial score (nSPS) is 11.1. The quantitative estimate of drug-likeness (QED) is 0.901. The zero-order valence-electron chi connectivity index (χ0n) is 10.4. The molecule has 18 heavy (non-hydrogen) atoms. The zero-order chi connectivity index (χ0) is 13.9. The van der Waals surface area contributed by atoms with Crippen LogP contribution in [-0.4, -0.2) is 34.2 Å². The van der Waals surface area contributed by atoms with Gasteiger partial charge in [0.1, 0.15) is 6.54 Å². The van der Waals surface area contributed by atoms with Gasteiger partial charge in [0, 0.05) is 11.5 Å². The smallest absolute Gasteiger partial charge is 0.240 e. The van der Waals surface area contributed by atoms with E-state index in [1.165, 1.54) is 7.05 Å². The number of sulfonamides is 1. The maximum Gasteiger partial charge on any atom is 0.240 e.